The van der Waals surface area contributed by atoms with E-state index < -0.39 is 6.67 Å². The summed E-state index contributed by atoms with van der Waals surface area (Å²) in [4.78, 5) is 0. The number of hydrogen-bond acceptors (Lipinski definition) is 2. The van der Waals surface area contributed by atoms with E-state index in [2.05, 4.69) is 0 Å². The summed E-state index contributed by atoms with van der Waals surface area (Å²) in [5, 5.41) is 0. The standard InChI is InChI=1S/C10H14FNO/c1-7(2)13-10-4-3-9(12)5-8(10)6-11/h3-5,7H,6,12H2,1-2H3. The van der Waals surface area contributed by atoms with Crippen molar-refractivity contribution in [3.05, 3.63) is 23.8 Å². The smallest absolute Gasteiger partial charge is 0.125 e. The highest BCUT2D eigenvalue weighted by Crippen LogP contribution is 2.23. The monoisotopic (exact) mass is 183 g/mol. The van der Waals surface area contributed by atoms with Crippen molar-refractivity contribution >= 4 is 5.69 Å². The first-order chi connectivity index (χ1) is 6.13. The normalized spacial score (nSPS) is 10.5. The van der Waals surface area contributed by atoms with Gasteiger partial charge in [-0.3, -0.25) is 0 Å². The lowest BCUT2D eigenvalue weighted by Crippen LogP contribution is -2.07. The Kier molecular flexibility index (Phi) is 3.12. The fraction of sp³-hybridized carbons (Fsp3) is 0.400. The molecule has 0 aliphatic carbocycles. The molecule has 3 heteroatoms. The van der Waals surface area contributed by atoms with E-state index in [0.29, 0.717) is 17.0 Å². The Balaban J connectivity index is 2.92. The molecule has 0 unspecified atom stereocenters. The van der Waals surface area contributed by atoms with Crippen molar-refractivity contribution in [3.8, 4) is 5.75 Å². The molecule has 1 aromatic carbocycles. The average molecular weight is 183 g/mol. The molecule has 13 heavy (non-hydrogen) atoms. The number of alkyl halides is 1. The molecule has 0 aliphatic heterocycles. The largest absolute Gasteiger partial charge is 0.491 e. The summed E-state index contributed by atoms with van der Waals surface area (Å²) in [6.07, 6.45) is 0.0499. The fourth-order valence-electron chi connectivity index (χ4n) is 1.07. The van der Waals surface area contributed by atoms with Crippen LogP contribution >= 0.6 is 0 Å². The zero-order chi connectivity index (χ0) is 9.84. The third-order valence-corrected chi connectivity index (χ3v) is 1.59. The number of nitrogen functional groups attached to an aromatic ring is 1. The molecular weight excluding hydrogens is 169 g/mol. The van der Waals surface area contributed by atoms with E-state index >= 15 is 0 Å². The maximum Gasteiger partial charge on any atom is 0.125 e. The lowest BCUT2D eigenvalue weighted by Gasteiger charge is -2.12. The van der Waals surface area contributed by atoms with Crippen molar-refractivity contribution in [2.45, 2.75) is 26.6 Å². The zero-order valence-electron chi connectivity index (χ0n) is 7.88. The second-order valence-electron chi connectivity index (χ2n) is 3.17. The summed E-state index contributed by atoms with van der Waals surface area (Å²) < 4.78 is 17.9. The molecule has 2 nitrogen and oxygen atoms in total. The van der Waals surface area contributed by atoms with Crippen LogP contribution in [0, 0.1) is 0 Å². The van der Waals surface area contributed by atoms with Gasteiger partial charge >= 0.3 is 0 Å². The van der Waals surface area contributed by atoms with Crippen molar-refractivity contribution in [2.75, 3.05) is 5.73 Å². The minimum atomic E-state index is -0.549. The van der Waals surface area contributed by atoms with E-state index in [9.17, 15) is 4.39 Å². The second kappa shape index (κ2) is 4.12. The summed E-state index contributed by atoms with van der Waals surface area (Å²) in [5.41, 5.74) is 6.58. The SMILES string of the molecule is CC(C)Oc1ccc(N)cc1CF. The molecule has 0 heterocycles. The summed E-state index contributed by atoms with van der Waals surface area (Å²) >= 11 is 0. The number of benzene rings is 1. The molecule has 0 amide bonds. The van der Waals surface area contributed by atoms with E-state index in [1.54, 1.807) is 18.2 Å². The van der Waals surface area contributed by atoms with E-state index in [1.807, 2.05) is 13.8 Å². The molecule has 0 saturated heterocycles. The van der Waals surface area contributed by atoms with Crippen LogP contribution in [0.4, 0.5) is 10.1 Å². The topological polar surface area (TPSA) is 35.2 Å². The van der Waals surface area contributed by atoms with Crippen LogP contribution in [0.3, 0.4) is 0 Å². The molecule has 0 atom stereocenters. The van der Waals surface area contributed by atoms with Gasteiger partial charge in [0.25, 0.3) is 0 Å². The minimum absolute atomic E-state index is 0.0499. The highest BCUT2D eigenvalue weighted by molar-refractivity contribution is 5.47. The molecule has 0 radical (unpaired) electrons. The quantitative estimate of drug-likeness (QED) is 0.731. The van der Waals surface area contributed by atoms with Crippen LogP contribution in [0.5, 0.6) is 5.75 Å². The predicted octanol–water partition coefficient (Wildman–Crippen LogP) is 2.53. The Labute approximate surface area is 77.5 Å². The number of hydrogen-bond donors (Lipinski definition) is 1. The number of ether oxygens (including phenoxy) is 1. The number of halogens is 1. The average Bonchev–Trinajstić information content (AvgIpc) is 2.07. The maximum atomic E-state index is 12.5. The van der Waals surface area contributed by atoms with Crippen molar-refractivity contribution < 1.29 is 9.13 Å². The van der Waals surface area contributed by atoms with Crippen molar-refractivity contribution in [1.82, 2.24) is 0 Å². The fourth-order valence-corrected chi connectivity index (χ4v) is 1.07. The second-order valence-corrected chi connectivity index (χ2v) is 3.17. The Morgan fingerprint density at radius 2 is 2.15 bits per heavy atom. The van der Waals surface area contributed by atoms with Gasteiger partial charge in [0.05, 0.1) is 6.10 Å². The first kappa shape index (κ1) is 9.84. The van der Waals surface area contributed by atoms with Gasteiger partial charge in [-0.1, -0.05) is 0 Å². The summed E-state index contributed by atoms with van der Waals surface area (Å²) in [5.74, 6) is 0.576. The molecule has 0 aromatic heterocycles. The Hall–Kier alpha value is -1.25. The van der Waals surface area contributed by atoms with Crippen molar-refractivity contribution in [2.24, 2.45) is 0 Å². The van der Waals surface area contributed by atoms with Gasteiger partial charge in [0.2, 0.25) is 0 Å². The lowest BCUT2D eigenvalue weighted by molar-refractivity contribution is 0.237. The van der Waals surface area contributed by atoms with Crippen LogP contribution in [0.1, 0.15) is 19.4 Å². The molecule has 0 saturated carbocycles. The molecule has 72 valence electrons. The number of nitrogens with two attached hydrogens (primary N) is 1. The van der Waals surface area contributed by atoms with Gasteiger partial charge in [-0.25, -0.2) is 4.39 Å². The zero-order valence-corrected chi connectivity index (χ0v) is 7.88. The van der Waals surface area contributed by atoms with Crippen LogP contribution in [-0.4, -0.2) is 6.10 Å². The number of rotatable bonds is 3. The van der Waals surface area contributed by atoms with Crippen LogP contribution in [0.25, 0.3) is 0 Å². The van der Waals surface area contributed by atoms with Gasteiger partial charge in [0.1, 0.15) is 12.4 Å². The van der Waals surface area contributed by atoms with Crippen molar-refractivity contribution in [1.29, 1.82) is 0 Å². The van der Waals surface area contributed by atoms with Gasteiger partial charge < -0.3 is 10.5 Å². The molecule has 0 fully saturated rings. The third kappa shape index (κ3) is 2.61. The Morgan fingerprint density at radius 1 is 1.46 bits per heavy atom. The molecule has 1 aromatic rings. The third-order valence-electron chi connectivity index (χ3n) is 1.59. The molecule has 1 rings (SSSR count). The van der Waals surface area contributed by atoms with E-state index in [0.717, 1.165) is 0 Å². The number of anilines is 1. The molecule has 2 N–H and O–H groups in total. The molecule has 0 spiro atoms. The maximum absolute atomic E-state index is 12.5. The highest BCUT2D eigenvalue weighted by atomic mass is 19.1. The lowest BCUT2D eigenvalue weighted by atomic mass is 10.2. The van der Waals surface area contributed by atoms with Gasteiger partial charge in [-0.15, -0.1) is 0 Å². The summed E-state index contributed by atoms with van der Waals surface area (Å²) in [6, 6.07) is 5.00. The van der Waals surface area contributed by atoms with Crippen molar-refractivity contribution in [3.63, 3.8) is 0 Å². The summed E-state index contributed by atoms with van der Waals surface area (Å²) in [6.45, 7) is 3.25. The Bertz CT molecular complexity index is 286. The van der Waals surface area contributed by atoms with Crippen LogP contribution in [0.2, 0.25) is 0 Å². The highest BCUT2D eigenvalue weighted by Gasteiger charge is 2.05. The predicted molar refractivity (Wildman–Crippen MR) is 51.4 cm³/mol. The Morgan fingerprint density at radius 3 is 2.69 bits per heavy atom. The van der Waals surface area contributed by atoms with Crippen LogP contribution in [-0.2, 0) is 6.67 Å². The van der Waals surface area contributed by atoms with Gasteiger partial charge in [-0.2, -0.15) is 0 Å². The van der Waals surface area contributed by atoms with Gasteiger partial charge in [0, 0.05) is 11.3 Å². The summed E-state index contributed by atoms with van der Waals surface area (Å²) in [7, 11) is 0. The minimum Gasteiger partial charge on any atom is -0.491 e. The first-order valence-corrected chi connectivity index (χ1v) is 4.24. The van der Waals surface area contributed by atoms with Crippen LogP contribution < -0.4 is 10.5 Å². The van der Waals surface area contributed by atoms with Gasteiger partial charge in [0.15, 0.2) is 0 Å². The molecular formula is C10H14FNO. The van der Waals surface area contributed by atoms with Crippen LogP contribution in [0.15, 0.2) is 18.2 Å². The molecule has 0 aliphatic rings. The first-order valence-electron chi connectivity index (χ1n) is 4.24. The van der Waals surface area contributed by atoms with E-state index in [-0.39, 0.29) is 6.10 Å². The van der Waals surface area contributed by atoms with E-state index in [4.69, 9.17) is 10.5 Å². The van der Waals surface area contributed by atoms with E-state index in [1.165, 1.54) is 0 Å². The van der Waals surface area contributed by atoms with Gasteiger partial charge in [-0.05, 0) is 32.0 Å². The molecule has 0 bridgehead atoms.